The van der Waals surface area contributed by atoms with E-state index in [-0.39, 0.29) is 0 Å². The van der Waals surface area contributed by atoms with Crippen molar-refractivity contribution in [1.29, 1.82) is 0 Å². The van der Waals surface area contributed by atoms with Crippen LogP contribution in [0.4, 0.5) is 5.69 Å². The second-order valence-corrected chi connectivity index (χ2v) is 6.05. The number of rotatable bonds is 5. The van der Waals surface area contributed by atoms with Gasteiger partial charge in [0.05, 0.1) is 7.11 Å². The summed E-state index contributed by atoms with van der Waals surface area (Å²) in [5.74, 6) is 0.834. The van der Waals surface area contributed by atoms with E-state index in [0.717, 1.165) is 18.0 Å². The third-order valence-corrected chi connectivity index (χ3v) is 5.16. The Labute approximate surface area is 123 Å². The molecule has 0 amide bonds. The third kappa shape index (κ3) is 3.26. The number of hydrogen-bond acceptors (Lipinski definition) is 3. The van der Waals surface area contributed by atoms with Gasteiger partial charge in [0, 0.05) is 18.3 Å². The van der Waals surface area contributed by atoms with Gasteiger partial charge < -0.3 is 10.5 Å². The summed E-state index contributed by atoms with van der Waals surface area (Å²) in [7, 11) is 1.67. The van der Waals surface area contributed by atoms with Crippen molar-refractivity contribution in [2.24, 2.45) is 5.41 Å². The fourth-order valence-electron chi connectivity index (χ4n) is 3.23. The van der Waals surface area contributed by atoms with Gasteiger partial charge in [0.25, 0.3) is 0 Å². The second-order valence-electron chi connectivity index (χ2n) is 6.05. The van der Waals surface area contributed by atoms with E-state index in [9.17, 15) is 0 Å². The minimum atomic E-state index is 0.585. The normalized spacial score (nSPS) is 18.9. The molecule has 1 aliphatic rings. The largest absolute Gasteiger partial charge is 0.497 e. The van der Waals surface area contributed by atoms with Crippen LogP contribution >= 0.6 is 0 Å². The second kappa shape index (κ2) is 6.49. The maximum atomic E-state index is 6.11. The molecule has 0 aliphatic carbocycles. The molecule has 1 aliphatic heterocycles. The van der Waals surface area contributed by atoms with Crippen molar-refractivity contribution < 1.29 is 4.74 Å². The summed E-state index contributed by atoms with van der Waals surface area (Å²) in [5.41, 5.74) is 8.75. The van der Waals surface area contributed by atoms with E-state index in [0.29, 0.717) is 5.41 Å². The van der Waals surface area contributed by atoms with Crippen molar-refractivity contribution in [2.75, 3.05) is 25.9 Å². The zero-order valence-electron chi connectivity index (χ0n) is 13.1. The monoisotopic (exact) mass is 276 g/mol. The Hall–Kier alpha value is -1.22. The Bertz CT molecular complexity index is 431. The van der Waals surface area contributed by atoms with Crippen molar-refractivity contribution in [3.63, 3.8) is 0 Å². The number of piperidine rings is 1. The first-order chi connectivity index (χ1) is 9.62. The molecule has 1 heterocycles. The predicted octanol–water partition coefficient (Wildman–Crippen LogP) is 3.68. The van der Waals surface area contributed by atoms with Crippen molar-refractivity contribution >= 4 is 5.69 Å². The number of anilines is 1. The fourth-order valence-corrected chi connectivity index (χ4v) is 3.23. The van der Waals surface area contributed by atoms with E-state index >= 15 is 0 Å². The van der Waals surface area contributed by atoms with Gasteiger partial charge in [-0.05, 0) is 43.0 Å². The first-order valence-corrected chi connectivity index (χ1v) is 7.77. The molecule has 0 spiro atoms. The summed E-state index contributed by atoms with van der Waals surface area (Å²) in [6, 6.07) is 6.01. The molecule has 20 heavy (non-hydrogen) atoms. The lowest BCUT2D eigenvalue weighted by molar-refractivity contribution is 0.0910. The summed E-state index contributed by atoms with van der Waals surface area (Å²) in [6.45, 7) is 8.00. The molecule has 0 aromatic heterocycles. The van der Waals surface area contributed by atoms with Crippen LogP contribution < -0.4 is 10.5 Å². The molecule has 2 rings (SSSR count). The lowest BCUT2D eigenvalue weighted by atomic mass is 9.74. The summed E-state index contributed by atoms with van der Waals surface area (Å²) in [4.78, 5) is 2.53. The zero-order chi connectivity index (χ0) is 14.6. The van der Waals surface area contributed by atoms with E-state index in [1.807, 2.05) is 12.1 Å². The van der Waals surface area contributed by atoms with Gasteiger partial charge in [-0.1, -0.05) is 32.8 Å². The SMILES string of the molecule is CCC1(CC)CCN(Cc2ccc(OC)cc2N)CC1. The molecule has 1 saturated heterocycles. The van der Waals surface area contributed by atoms with Gasteiger partial charge in [-0.3, -0.25) is 4.90 Å². The Morgan fingerprint density at radius 1 is 1.20 bits per heavy atom. The summed E-state index contributed by atoms with van der Waals surface area (Å²) in [5, 5.41) is 0. The number of hydrogen-bond donors (Lipinski definition) is 1. The van der Waals surface area contributed by atoms with Gasteiger partial charge in [0.15, 0.2) is 0 Å². The van der Waals surface area contributed by atoms with Crippen molar-refractivity contribution in [1.82, 2.24) is 4.90 Å². The van der Waals surface area contributed by atoms with E-state index in [1.54, 1.807) is 7.11 Å². The van der Waals surface area contributed by atoms with Crippen LogP contribution in [0.5, 0.6) is 5.75 Å². The highest BCUT2D eigenvalue weighted by atomic mass is 16.5. The van der Waals surface area contributed by atoms with Crippen LogP contribution in [-0.4, -0.2) is 25.1 Å². The van der Waals surface area contributed by atoms with Crippen molar-refractivity contribution in [3.8, 4) is 5.75 Å². The number of ether oxygens (including phenoxy) is 1. The summed E-state index contributed by atoms with van der Waals surface area (Å²) < 4.78 is 5.20. The highest BCUT2D eigenvalue weighted by Gasteiger charge is 2.31. The van der Waals surface area contributed by atoms with E-state index in [2.05, 4.69) is 24.8 Å². The first-order valence-electron chi connectivity index (χ1n) is 7.77. The molecule has 3 heteroatoms. The maximum Gasteiger partial charge on any atom is 0.120 e. The van der Waals surface area contributed by atoms with Crippen LogP contribution in [0.1, 0.15) is 45.1 Å². The highest BCUT2D eigenvalue weighted by molar-refractivity contribution is 5.51. The fraction of sp³-hybridized carbons (Fsp3) is 0.647. The molecule has 0 unspecified atom stereocenters. The van der Waals surface area contributed by atoms with Gasteiger partial charge in [-0.25, -0.2) is 0 Å². The minimum absolute atomic E-state index is 0.585. The molecule has 0 bridgehead atoms. The van der Waals surface area contributed by atoms with E-state index in [4.69, 9.17) is 10.5 Å². The smallest absolute Gasteiger partial charge is 0.120 e. The van der Waals surface area contributed by atoms with Gasteiger partial charge >= 0.3 is 0 Å². The molecule has 3 nitrogen and oxygen atoms in total. The third-order valence-electron chi connectivity index (χ3n) is 5.16. The summed E-state index contributed by atoms with van der Waals surface area (Å²) in [6.07, 6.45) is 5.25. The molecular weight excluding hydrogens is 248 g/mol. The number of nitrogen functional groups attached to an aromatic ring is 1. The Morgan fingerprint density at radius 2 is 1.85 bits per heavy atom. The Kier molecular flexibility index (Phi) is 4.92. The van der Waals surface area contributed by atoms with Gasteiger partial charge in [0.2, 0.25) is 0 Å². The molecule has 1 aromatic rings. The molecule has 112 valence electrons. The number of likely N-dealkylation sites (tertiary alicyclic amines) is 1. The van der Waals surface area contributed by atoms with Crippen LogP contribution in [-0.2, 0) is 6.54 Å². The lowest BCUT2D eigenvalue weighted by Gasteiger charge is -2.41. The number of methoxy groups -OCH3 is 1. The Morgan fingerprint density at radius 3 is 2.35 bits per heavy atom. The molecule has 0 radical (unpaired) electrons. The predicted molar refractivity (Wildman–Crippen MR) is 84.9 cm³/mol. The lowest BCUT2D eigenvalue weighted by Crippen LogP contribution is -2.39. The van der Waals surface area contributed by atoms with Crippen LogP contribution in [0.25, 0.3) is 0 Å². The quantitative estimate of drug-likeness (QED) is 0.834. The molecular formula is C17H28N2O. The van der Waals surface area contributed by atoms with Crippen LogP contribution in [0.2, 0.25) is 0 Å². The highest BCUT2D eigenvalue weighted by Crippen LogP contribution is 2.38. The minimum Gasteiger partial charge on any atom is -0.497 e. The van der Waals surface area contributed by atoms with Gasteiger partial charge in [0.1, 0.15) is 5.75 Å². The molecule has 0 saturated carbocycles. The maximum absolute atomic E-state index is 6.11. The number of nitrogens with two attached hydrogens (primary N) is 1. The molecule has 1 aromatic carbocycles. The van der Waals surface area contributed by atoms with Crippen molar-refractivity contribution in [2.45, 2.75) is 46.1 Å². The first kappa shape index (κ1) is 15.2. The van der Waals surface area contributed by atoms with Crippen LogP contribution in [0.3, 0.4) is 0 Å². The van der Waals surface area contributed by atoms with Gasteiger partial charge in [-0.2, -0.15) is 0 Å². The molecule has 2 N–H and O–H groups in total. The average Bonchev–Trinajstić information content (AvgIpc) is 2.50. The molecule has 1 fully saturated rings. The summed E-state index contributed by atoms with van der Waals surface area (Å²) >= 11 is 0. The number of nitrogens with zero attached hydrogens (tertiary/aromatic N) is 1. The topological polar surface area (TPSA) is 38.5 Å². The molecule has 0 atom stereocenters. The number of benzene rings is 1. The standard InChI is InChI=1S/C17H28N2O/c1-4-17(5-2)8-10-19(11-9-17)13-14-6-7-15(20-3)12-16(14)18/h6-7,12H,4-5,8-11,13,18H2,1-3H3. The van der Waals surface area contributed by atoms with E-state index in [1.165, 1.54) is 44.3 Å². The van der Waals surface area contributed by atoms with Crippen molar-refractivity contribution in [3.05, 3.63) is 23.8 Å². The van der Waals surface area contributed by atoms with Crippen LogP contribution in [0, 0.1) is 5.41 Å². The Balaban J connectivity index is 1.96. The average molecular weight is 276 g/mol. The van der Waals surface area contributed by atoms with Gasteiger partial charge in [-0.15, -0.1) is 0 Å². The zero-order valence-corrected chi connectivity index (χ0v) is 13.1. The van der Waals surface area contributed by atoms with Crippen LogP contribution in [0.15, 0.2) is 18.2 Å². The van der Waals surface area contributed by atoms with E-state index < -0.39 is 0 Å².